The maximum Gasteiger partial charge on any atom is 0.226 e. The number of nitrogens with two attached hydrogens (primary N) is 1. The van der Waals surface area contributed by atoms with Gasteiger partial charge in [-0.1, -0.05) is 58.0 Å². The van der Waals surface area contributed by atoms with Gasteiger partial charge in [0.05, 0.1) is 0 Å². The van der Waals surface area contributed by atoms with E-state index in [1.54, 1.807) is 0 Å². The van der Waals surface area contributed by atoms with Gasteiger partial charge in [0.1, 0.15) is 0 Å². The van der Waals surface area contributed by atoms with E-state index in [-0.39, 0.29) is 17.9 Å². The zero-order chi connectivity index (χ0) is 16.7. The molecule has 0 spiro atoms. The molecule has 0 heterocycles. The van der Waals surface area contributed by atoms with Gasteiger partial charge in [-0.2, -0.15) is 0 Å². The fourth-order valence-corrected chi connectivity index (χ4v) is 2.55. The van der Waals surface area contributed by atoms with E-state index < -0.39 is 0 Å². The minimum atomic E-state index is 0.0303. The summed E-state index contributed by atoms with van der Waals surface area (Å²) in [5, 5.41) is 0. The van der Waals surface area contributed by atoms with E-state index in [2.05, 4.69) is 39.8 Å². The van der Waals surface area contributed by atoms with Crippen LogP contribution in [0.3, 0.4) is 0 Å². The molecule has 2 unspecified atom stereocenters. The predicted molar refractivity (Wildman–Crippen MR) is 93.5 cm³/mol. The third-order valence-corrected chi connectivity index (χ3v) is 4.45. The number of carbonyl (C=O) groups is 1. The molecule has 124 valence electrons. The van der Waals surface area contributed by atoms with E-state index in [4.69, 9.17) is 5.73 Å². The van der Waals surface area contributed by atoms with Crippen LogP contribution in [0.2, 0.25) is 0 Å². The molecule has 22 heavy (non-hydrogen) atoms. The fraction of sp³-hybridized carbons (Fsp3) is 0.632. The first kappa shape index (κ1) is 18.7. The van der Waals surface area contributed by atoms with Gasteiger partial charge < -0.3 is 10.6 Å². The lowest BCUT2D eigenvalue weighted by molar-refractivity contribution is -0.135. The van der Waals surface area contributed by atoms with Crippen LogP contribution in [0.5, 0.6) is 0 Å². The van der Waals surface area contributed by atoms with Crippen molar-refractivity contribution in [2.24, 2.45) is 23.5 Å². The summed E-state index contributed by atoms with van der Waals surface area (Å²) in [6.07, 6.45) is 1.66. The van der Waals surface area contributed by atoms with Gasteiger partial charge >= 0.3 is 0 Å². The molecule has 0 aliphatic rings. The number of carbonyl (C=O) groups excluding carboxylic acids is 1. The molecule has 0 radical (unpaired) electrons. The standard InChI is InChI=1S/C19H32N2O/c1-14(2)17(13-16-9-7-6-8-10-16)19(22)21(5)12-11-18(20)15(3)4/h6-10,14-15,17-18H,11-13,20H2,1-5H3. The molecule has 1 rings (SSSR count). The van der Waals surface area contributed by atoms with Crippen LogP contribution in [0.15, 0.2) is 30.3 Å². The quantitative estimate of drug-likeness (QED) is 0.800. The van der Waals surface area contributed by atoms with Crippen LogP contribution in [0.25, 0.3) is 0 Å². The molecule has 3 nitrogen and oxygen atoms in total. The summed E-state index contributed by atoms with van der Waals surface area (Å²) in [4.78, 5) is 14.6. The minimum absolute atomic E-state index is 0.0303. The summed E-state index contributed by atoms with van der Waals surface area (Å²) in [6.45, 7) is 9.23. The van der Waals surface area contributed by atoms with E-state index in [0.29, 0.717) is 11.8 Å². The molecule has 0 aromatic heterocycles. The molecular formula is C19H32N2O. The molecular weight excluding hydrogens is 272 g/mol. The van der Waals surface area contributed by atoms with Gasteiger partial charge in [0, 0.05) is 25.6 Å². The summed E-state index contributed by atoms with van der Waals surface area (Å²) in [5.74, 6) is 1.04. The Balaban J connectivity index is 2.64. The largest absolute Gasteiger partial charge is 0.345 e. The predicted octanol–water partition coefficient (Wildman–Crippen LogP) is 3.33. The Kier molecular flexibility index (Phi) is 7.60. The highest BCUT2D eigenvalue weighted by Crippen LogP contribution is 2.20. The van der Waals surface area contributed by atoms with Crippen LogP contribution in [0.1, 0.15) is 39.7 Å². The molecule has 0 bridgehead atoms. The van der Waals surface area contributed by atoms with Crippen molar-refractivity contribution in [3.8, 4) is 0 Å². The highest BCUT2D eigenvalue weighted by atomic mass is 16.2. The van der Waals surface area contributed by atoms with Gasteiger partial charge in [-0.05, 0) is 30.2 Å². The molecule has 2 N–H and O–H groups in total. The first-order valence-electron chi connectivity index (χ1n) is 8.37. The summed E-state index contributed by atoms with van der Waals surface area (Å²) in [7, 11) is 1.90. The molecule has 2 atom stereocenters. The topological polar surface area (TPSA) is 46.3 Å². The zero-order valence-corrected chi connectivity index (χ0v) is 14.8. The number of nitrogens with zero attached hydrogens (tertiary/aromatic N) is 1. The molecule has 0 saturated heterocycles. The summed E-state index contributed by atoms with van der Waals surface area (Å²) < 4.78 is 0. The van der Waals surface area contributed by atoms with Crippen LogP contribution in [-0.2, 0) is 11.2 Å². The van der Waals surface area contributed by atoms with Crippen molar-refractivity contribution in [3.63, 3.8) is 0 Å². The lowest BCUT2D eigenvalue weighted by Gasteiger charge is -2.28. The summed E-state index contributed by atoms with van der Waals surface area (Å²) >= 11 is 0. The average Bonchev–Trinajstić information content (AvgIpc) is 2.49. The zero-order valence-electron chi connectivity index (χ0n) is 14.8. The second kappa shape index (κ2) is 8.94. The molecule has 1 aromatic carbocycles. The van der Waals surface area contributed by atoms with Crippen LogP contribution in [0, 0.1) is 17.8 Å². The molecule has 1 aromatic rings. The van der Waals surface area contributed by atoms with E-state index in [9.17, 15) is 4.79 Å². The van der Waals surface area contributed by atoms with E-state index in [0.717, 1.165) is 19.4 Å². The molecule has 0 saturated carbocycles. The molecule has 3 heteroatoms. The fourth-order valence-electron chi connectivity index (χ4n) is 2.55. The highest BCUT2D eigenvalue weighted by Gasteiger charge is 2.25. The van der Waals surface area contributed by atoms with Crippen LogP contribution in [0.4, 0.5) is 0 Å². The summed E-state index contributed by atoms with van der Waals surface area (Å²) in [6, 6.07) is 10.4. The monoisotopic (exact) mass is 304 g/mol. The van der Waals surface area contributed by atoms with Crippen molar-refractivity contribution in [1.82, 2.24) is 4.90 Å². The Bertz CT molecular complexity index is 442. The number of hydrogen-bond donors (Lipinski definition) is 1. The average molecular weight is 304 g/mol. The van der Waals surface area contributed by atoms with E-state index in [1.807, 2.05) is 30.1 Å². The van der Waals surface area contributed by atoms with Gasteiger partial charge in [0.15, 0.2) is 0 Å². The third kappa shape index (κ3) is 5.80. The van der Waals surface area contributed by atoms with Gasteiger partial charge in [0.25, 0.3) is 0 Å². The minimum Gasteiger partial charge on any atom is -0.345 e. The van der Waals surface area contributed by atoms with Gasteiger partial charge in [0.2, 0.25) is 5.91 Å². The number of benzene rings is 1. The number of rotatable bonds is 8. The SMILES string of the molecule is CC(C)C(N)CCN(C)C(=O)C(Cc1ccccc1)C(C)C. The number of amides is 1. The van der Waals surface area contributed by atoms with Crippen LogP contribution < -0.4 is 5.73 Å². The smallest absolute Gasteiger partial charge is 0.226 e. The van der Waals surface area contributed by atoms with Crippen molar-refractivity contribution >= 4 is 5.91 Å². The van der Waals surface area contributed by atoms with E-state index >= 15 is 0 Å². The van der Waals surface area contributed by atoms with Crippen molar-refractivity contribution < 1.29 is 4.79 Å². The van der Waals surface area contributed by atoms with Gasteiger partial charge in [-0.3, -0.25) is 4.79 Å². The Morgan fingerprint density at radius 1 is 1.09 bits per heavy atom. The molecule has 0 aliphatic heterocycles. The van der Waals surface area contributed by atoms with Crippen molar-refractivity contribution in [2.75, 3.05) is 13.6 Å². The first-order chi connectivity index (χ1) is 10.3. The Morgan fingerprint density at radius 3 is 2.18 bits per heavy atom. The Hall–Kier alpha value is -1.35. The number of hydrogen-bond acceptors (Lipinski definition) is 2. The van der Waals surface area contributed by atoms with Crippen molar-refractivity contribution in [3.05, 3.63) is 35.9 Å². The lowest BCUT2D eigenvalue weighted by atomic mass is 9.88. The maximum absolute atomic E-state index is 12.8. The molecule has 0 fully saturated rings. The van der Waals surface area contributed by atoms with Crippen LogP contribution >= 0.6 is 0 Å². The second-order valence-electron chi connectivity index (χ2n) is 7.00. The normalized spacial score (nSPS) is 14.2. The van der Waals surface area contributed by atoms with Crippen molar-refractivity contribution in [1.29, 1.82) is 0 Å². The lowest BCUT2D eigenvalue weighted by Crippen LogP contribution is -2.39. The van der Waals surface area contributed by atoms with E-state index in [1.165, 1.54) is 5.56 Å². The highest BCUT2D eigenvalue weighted by molar-refractivity contribution is 5.79. The van der Waals surface area contributed by atoms with Gasteiger partial charge in [-0.15, -0.1) is 0 Å². The Morgan fingerprint density at radius 2 is 1.68 bits per heavy atom. The second-order valence-corrected chi connectivity index (χ2v) is 7.00. The summed E-state index contributed by atoms with van der Waals surface area (Å²) in [5.41, 5.74) is 7.31. The van der Waals surface area contributed by atoms with Crippen LogP contribution in [-0.4, -0.2) is 30.4 Å². The molecule has 1 amide bonds. The Labute approximate surface area is 135 Å². The first-order valence-corrected chi connectivity index (χ1v) is 8.37. The maximum atomic E-state index is 12.8. The third-order valence-electron chi connectivity index (χ3n) is 4.45. The van der Waals surface area contributed by atoms with Crippen molar-refractivity contribution in [2.45, 2.75) is 46.6 Å². The van der Waals surface area contributed by atoms with Gasteiger partial charge in [-0.25, -0.2) is 0 Å². The molecule has 0 aliphatic carbocycles.